The summed E-state index contributed by atoms with van der Waals surface area (Å²) in [7, 11) is 0. The minimum Gasteiger partial charge on any atom is -0.120 e. The summed E-state index contributed by atoms with van der Waals surface area (Å²) in [5.41, 5.74) is 0. The molecule has 0 bridgehead atoms. The van der Waals surface area contributed by atoms with Gasteiger partial charge in [0.25, 0.3) is 0 Å². The van der Waals surface area contributed by atoms with E-state index < -0.39 is 0 Å². The summed E-state index contributed by atoms with van der Waals surface area (Å²) in [4.78, 5) is 0. The van der Waals surface area contributed by atoms with Crippen molar-refractivity contribution in [3.8, 4) is 12.3 Å². The zero-order chi connectivity index (χ0) is 18.3. The molecule has 0 radical (unpaired) electrons. The smallest absolute Gasteiger partial charge is 0.00860 e. The Morgan fingerprint density at radius 2 is 0.640 bits per heavy atom. The van der Waals surface area contributed by atoms with Gasteiger partial charge in [-0.3, -0.25) is 0 Å². The molecule has 0 nitrogen and oxygen atoms in total. The van der Waals surface area contributed by atoms with Crippen molar-refractivity contribution in [2.75, 3.05) is 0 Å². The predicted molar refractivity (Wildman–Crippen MR) is 116 cm³/mol. The molecule has 0 N–H and O–H groups in total. The molecule has 0 rings (SSSR count). The first kappa shape index (κ1) is 24.6. The third-order valence-electron chi connectivity index (χ3n) is 5.42. The van der Waals surface area contributed by atoms with Crippen LogP contribution >= 0.6 is 0 Å². The van der Waals surface area contributed by atoms with E-state index in [2.05, 4.69) is 12.8 Å². The van der Waals surface area contributed by atoms with E-state index >= 15 is 0 Å². The van der Waals surface area contributed by atoms with Crippen LogP contribution < -0.4 is 0 Å². The first-order chi connectivity index (χ1) is 12.4. The lowest BCUT2D eigenvalue weighted by molar-refractivity contribution is 0.520. The predicted octanol–water partition coefficient (Wildman–Crippen LogP) is 9.22. The number of unbranched alkanes of at least 4 members (excludes halogenated alkanes) is 21. The molecule has 0 saturated carbocycles. The van der Waals surface area contributed by atoms with Gasteiger partial charge in [0.05, 0.1) is 0 Å². The van der Waals surface area contributed by atoms with Gasteiger partial charge in [-0.25, -0.2) is 0 Å². The van der Waals surface area contributed by atoms with Crippen molar-refractivity contribution in [3.05, 3.63) is 0 Å². The van der Waals surface area contributed by atoms with E-state index in [-0.39, 0.29) is 0 Å². The Bertz CT molecular complexity index is 260. The second kappa shape index (κ2) is 23.6. The fraction of sp³-hybridized carbons (Fsp3) is 0.920. The second-order valence-corrected chi connectivity index (χ2v) is 8.03. The first-order valence-electron chi connectivity index (χ1n) is 11.8. The molecule has 0 heteroatoms. The lowest BCUT2D eigenvalue weighted by Gasteiger charge is -2.04. The molecule has 0 fully saturated rings. The van der Waals surface area contributed by atoms with Gasteiger partial charge in [-0.2, -0.15) is 0 Å². The Morgan fingerprint density at radius 3 is 0.880 bits per heavy atom. The fourth-order valence-corrected chi connectivity index (χ4v) is 3.66. The first-order valence-corrected chi connectivity index (χ1v) is 11.8. The van der Waals surface area contributed by atoms with Gasteiger partial charge in [-0.1, -0.05) is 135 Å². The van der Waals surface area contributed by atoms with E-state index in [4.69, 9.17) is 6.42 Å². The molecule has 0 aliphatic rings. The van der Waals surface area contributed by atoms with Crippen molar-refractivity contribution in [3.63, 3.8) is 0 Å². The van der Waals surface area contributed by atoms with Gasteiger partial charge in [-0.15, -0.1) is 12.3 Å². The third-order valence-corrected chi connectivity index (χ3v) is 5.42. The summed E-state index contributed by atoms with van der Waals surface area (Å²) in [6.45, 7) is 2.30. The lowest BCUT2D eigenvalue weighted by Crippen LogP contribution is -1.84. The summed E-state index contributed by atoms with van der Waals surface area (Å²) in [5.74, 6) is 2.73. The maximum atomic E-state index is 5.26. The third kappa shape index (κ3) is 23.6. The number of terminal acetylenes is 1. The number of hydrogen-bond acceptors (Lipinski definition) is 0. The van der Waals surface area contributed by atoms with E-state index in [0.29, 0.717) is 0 Å². The summed E-state index contributed by atoms with van der Waals surface area (Å²) < 4.78 is 0. The van der Waals surface area contributed by atoms with E-state index in [1.807, 2.05) is 0 Å². The van der Waals surface area contributed by atoms with Gasteiger partial charge in [0.1, 0.15) is 0 Å². The van der Waals surface area contributed by atoms with Gasteiger partial charge in [0.15, 0.2) is 0 Å². The molecule has 0 spiro atoms. The molecule has 148 valence electrons. The van der Waals surface area contributed by atoms with Crippen molar-refractivity contribution < 1.29 is 0 Å². The Morgan fingerprint density at radius 1 is 0.400 bits per heavy atom. The summed E-state index contributed by atoms with van der Waals surface area (Å²) in [6.07, 6.45) is 36.5. The maximum Gasteiger partial charge on any atom is 0.00860 e. The van der Waals surface area contributed by atoms with Crippen LogP contribution in [0.1, 0.15) is 148 Å². The van der Waals surface area contributed by atoms with Crippen molar-refractivity contribution >= 4 is 0 Å². The van der Waals surface area contributed by atoms with Crippen LogP contribution in [-0.2, 0) is 0 Å². The van der Waals surface area contributed by atoms with E-state index in [9.17, 15) is 0 Å². The Balaban J connectivity index is 2.95. The normalized spacial score (nSPS) is 10.9. The zero-order valence-corrected chi connectivity index (χ0v) is 17.6. The van der Waals surface area contributed by atoms with Crippen molar-refractivity contribution in [2.24, 2.45) is 0 Å². The molecule has 0 saturated heterocycles. The molecule has 0 unspecified atom stereocenters. The zero-order valence-electron chi connectivity index (χ0n) is 17.6. The minimum atomic E-state index is 0.971. The van der Waals surface area contributed by atoms with Crippen LogP contribution in [0.2, 0.25) is 0 Å². The number of rotatable bonds is 21. The molecule has 0 heterocycles. The van der Waals surface area contributed by atoms with Crippen LogP contribution in [0.5, 0.6) is 0 Å². The molecule has 0 aromatic heterocycles. The Kier molecular flexibility index (Phi) is 23.1. The van der Waals surface area contributed by atoms with Crippen LogP contribution in [0.15, 0.2) is 0 Å². The van der Waals surface area contributed by atoms with Gasteiger partial charge < -0.3 is 0 Å². The van der Waals surface area contributed by atoms with Crippen molar-refractivity contribution in [2.45, 2.75) is 148 Å². The van der Waals surface area contributed by atoms with E-state index in [1.54, 1.807) is 0 Å². The monoisotopic (exact) mass is 348 g/mol. The Hall–Kier alpha value is -0.440. The average Bonchev–Trinajstić information content (AvgIpc) is 2.63. The highest BCUT2D eigenvalue weighted by atomic mass is 14.0. The topological polar surface area (TPSA) is 0 Å². The quantitative estimate of drug-likeness (QED) is 0.143. The van der Waals surface area contributed by atoms with E-state index in [1.165, 1.54) is 135 Å². The van der Waals surface area contributed by atoms with Gasteiger partial charge in [0.2, 0.25) is 0 Å². The largest absolute Gasteiger partial charge is 0.120 e. The maximum absolute atomic E-state index is 5.26. The molecule has 0 aliphatic carbocycles. The van der Waals surface area contributed by atoms with Gasteiger partial charge in [-0.05, 0) is 6.42 Å². The highest BCUT2D eigenvalue weighted by molar-refractivity contribution is 4.82. The Labute approximate surface area is 160 Å². The highest BCUT2D eigenvalue weighted by Gasteiger charge is 1.95. The SMILES string of the molecule is C#CCCCCCCCCCCCCCCCCCCCCCCC. The molecule has 0 aromatic rings. The molecule has 25 heavy (non-hydrogen) atoms. The molecule has 0 aromatic carbocycles. The van der Waals surface area contributed by atoms with Crippen LogP contribution in [0.4, 0.5) is 0 Å². The average molecular weight is 349 g/mol. The van der Waals surface area contributed by atoms with Crippen LogP contribution in [0.25, 0.3) is 0 Å². The summed E-state index contributed by atoms with van der Waals surface area (Å²) in [6, 6.07) is 0. The fourth-order valence-electron chi connectivity index (χ4n) is 3.66. The van der Waals surface area contributed by atoms with Gasteiger partial charge >= 0.3 is 0 Å². The van der Waals surface area contributed by atoms with E-state index in [0.717, 1.165) is 6.42 Å². The molecule has 0 atom stereocenters. The van der Waals surface area contributed by atoms with Crippen LogP contribution in [-0.4, -0.2) is 0 Å². The molecular weight excluding hydrogens is 300 g/mol. The minimum absolute atomic E-state index is 0.971. The molecular formula is C25H48. The highest BCUT2D eigenvalue weighted by Crippen LogP contribution is 2.15. The van der Waals surface area contributed by atoms with Crippen LogP contribution in [0, 0.1) is 12.3 Å². The molecule has 0 aliphatic heterocycles. The summed E-state index contributed by atoms with van der Waals surface area (Å²) in [5, 5.41) is 0. The number of hydrogen-bond donors (Lipinski definition) is 0. The lowest BCUT2D eigenvalue weighted by atomic mass is 10.0. The van der Waals surface area contributed by atoms with Gasteiger partial charge in [0, 0.05) is 6.42 Å². The summed E-state index contributed by atoms with van der Waals surface area (Å²) >= 11 is 0. The van der Waals surface area contributed by atoms with Crippen LogP contribution in [0.3, 0.4) is 0 Å². The second-order valence-electron chi connectivity index (χ2n) is 8.03. The van der Waals surface area contributed by atoms with Crippen molar-refractivity contribution in [1.82, 2.24) is 0 Å². The standard InChI is InChI=1S/C25H48/c1-3-5-7-9-11-13-15-17-19-21-23-25-24-22-20-18-16-14-12-10-8-6-4-2/h1H,4-25H2,2H3. The van der Waals surface area contributed by atoms with Crippen molar-refractivity contribution in [1.29, 1.82) is 0 Å². The molecule has 0 amide bonds.